The van der Waals surface area contributed by atoms with Crippen molar-refractivity contribution in [2.24, 2.45) is 28.5 Å². The lowest BCUT2D eigenvalue weighted by molar-refractivity contribution is -0.117. The van der Waals surface area contributed by atoms with Gasteiger partial charge in [-0.1, -0.05) is 29.3 Å². The summed E-state index contributed by atoms with van der Waals surface area (Å²) >= 11 is 14.4. The van der Waals surface area contributed by atoms with Crippen molar-refractivity contribution in [2.45, 2.75) is 31.8 Å². The Labute approximate surface area is 225 Å². The summed E-state index contributed by atoms with van der Waals surface area (Å²) in [4.78, 5) is 24.3. The Hall–Kier alpha value is -2.13. The number of methoxy groups -OCH3 is 1. The molecule has 2 N–H and O–H groups in total. The van der Waals surface area contributed by atoms with E-state index in [1.54, 1.807) is 43.7 Å². The summed E-state index contributed by atoms with van der Waals surface area (Å²) in [6, 6.07) is 5.23. The molecule has 10 heteroatoms. The Morgan fingerprint density at radius 1 is 1.22 bits per heavy atom. The van der Waals surface area contributed by atoms with Crippen LogP contribution < -0.4 is 10.6 Å². The lowest BCUT2D eigenvalue weighted by Gasteiger charge is -2.20. The zero-order chi connectivity index (χ0) is 25.4. The predicted octanol–water partition coefficient (Wildman–Crippen LogP) is 5.05. The third-order valence-corrected chi connectivity index (χ3v) is 8.88. The van der Waals surface area contributed by atoms with E-state index >= 15 is 0 Å². The van der Waals surface area contributed by atoms with E-state index in [-0.39, 0.29) is 24.4 Å². The van der Waals surface area contributed by atoms with Crippen LogP contribution >= 0.6 is 34.5 Å². The second kappa shape index (κ2) is 10.7. The van der Waals surface area contributed by atoms with Crippen LogP contribution in [0.3, 0.4) is 0 Å². The zero-order valence-electron chi connectivity index (χ0n) is 20.4. The summed E-state index contributed by atoms with van der Waals surface area (Å²) in [7, 11) is 3.31. The molecule has 3 fully saturated rings. The molecule has 0 amide bonds. The number of hydrogen-bond acceptors (Lipinski definition) is 8. The third kappa shape index (κ3) is 5.14. The number of aliphatic imine (C=N–C) groups is 1. The van der Waals surface area contributed by atoms with Gasteiger partial charge in [0.05, 0.1) is 35.6 Å². The molecule has 3 aliphatic rings. The Bertz CT molecular complexity index is 1180. The van der Waals surface area contributed by atoms with Gasteiger partial charge in [0.1, 0.15) is 5.69 Å². The molecule has 2 aromatic rings. The topological polar surface area (TPSA) is 90.0 Å². The van der Waals surface area contributed by atoms with Crippen LogP contribution in [0.2, 0.25) is 10.0 Å². The molecule has 2 heterocycles. The minimum absolute atomic E-state index is 0.0273. The van der Waals surface area contributed by atoms with Crippen LogP contribution in [0, 0.1) is 17.8 Å². The highest BCUT2D eigenvalue weighted by atomic mass is 35.5. The van der Waals surface area contributed by atoms with Gasteiger partial charge in [-0.2, -0.15) is 0 Å². The maximum atomic E-state index is 13.1. The van der Waals surface area contributed by atoms with Gasteiger partial charge >= 0.3 is 0 Å². The highest BCUT2D eigenvalue weighted by Crippen LogP contribution is 2.42. The summed E-state index contributed by atoms with van der Waals surface area (Å²) in [5.74, 6) is 1.70. The van der Waals surface area contributed by atoms with Gasteiger partial charge in [0, 0.05) is 42.6 Å². The molecule has 3 atom stereocenters. The fraction of sp³-hybridized carbons (Fsp3) is 0.500. The number of carbonyl (C=O) groups excluding carboxylic acids is 1. The number of carbonyl (C=O) groups is 1. The van der Waals surface area contributed by atoms with Gasteiger partial charge < -0.3 is 20.1 Å². The number of fused-ring (bicyclic) bond motifs is 1. The summed E-state index contributed by atoms with van der Waals surface area (Å²) in [5, 5.41) is 3.86. The van der Waals surface area contributed by atoms with Gasteiger partial charge in [0.2, 0.25) is 5.90 Å². The van der Waals surface area contributed by atoms with E-state index in [0.717, 1.165) is 49.6 Å². The van der Waals surface area contributed by atoms with Crippen LogP contribution in [0.1, 0.15) is 36.9 Å². The number of ether oxygens (including phenoxy) is 2. The molecule has 1 aromatic carbocycles. The molecule has 1 aromatic heterocycles. The average molecular weight is 550 g/mol. The van der Waals surface area contributed by atoms with Gasteiger partial charge in [-0.05, 0) is 49.7 Å². The molecule has 2 saturated carbocycles. The molecule has 5 rings (SSSR count). The minimum Gasteiger partial charge on any atom is -0.480 e. The first-order valence-electron chi connectivity index (χ1n) is 12.2. The molecule has 1 saturated heterocycles. The smallest absolute Gasteiger partial charge is 0.235 e. The number of aromatic nitrogens is 1. The number of anilines is 1. The van der Waals surface area contributed by atoms with Crippen LogP contribution in [0.25, 0.3) is 5.70 Å². The first-order valence-corrected chi connectivity index (χ1v) is 13.8. The lowest BCUT2D eigenvalue weighted by atomic mass is 10.0. The number of thiazole rings is 1. The van der Waals surface area contributed by atoms with Crippen molar-refractivity contribution in [2.75, 3.05) is 38.8 Å². The number of nitrogens with two attached hydrogens (primary N) is 1. The second-order valence-electron chi connectivity index (χ2n) is 9.71. The maximum Gasteiger partial charge on any atom is 0.235 e. The monoisotopic (exact) mass is 548 g/mol. The van der Waals surface area contributed by atoms with E-state index < -0.39 is 0 Å². The molecule has 0 spiro atoms. The molecule has 2 aliphatic carbocycles. The number of Topliss-reactive ketones (excluding diaryl/α,β-unsaturated/α-hetero) is 1. The SMILES string of the molecule is CN=C(OC)c1csc(N2C[C@H]3CC(OCC(C(=O)C4CC4)=C(N)c4c(Cl)cccc4Cl)C[C@H]3C2)n1. The average Bonchev–Trinajstić information content (AvgIpc) is 3.27. The van der Waals surface area contributed by atoms with Crippen molar-refractivity contribution < 1.29 is 14.3 Å². The minimum atomic E-state index is 0.0273. The quantitative estimate of drug-likeness (QED) is 0.282. The summed E-state index contributed by atoms with van der Waals surface area (Å²) < 4.78 is 11.6. The predicted molar refractivity (Wildman–Crippen MR) is 145 cm³/mol. The van der Waals surface area contributed by atoms with E-state index in [1.807, 2.05) is 5.38 Å². The van der Waals surface area contributed by atoms with E-state index in [2.05, 4.69) is 9.89 Å². The number of nitrogens with zero attached hydrogens (tertiary/aromatic N) is 3. The van der Waals surface area contributed by atoms with Crippen LogP contribution in [-0.4, -0.2) is 56.6 Å². The van der Waals surface area contributed by atoms with Crippen molar-refractivity contribution in [1.29, 1.82) is 0 Å². The number of halogens is 2. The summed E-state index contributed by atoms with van der Waals surface area (Å²) in [6.45, 7) is 2.08. The summed E-state index contributed by atoms with van der Waals surface area (Å²) in [5.41, 5.74) is 8.60. The molecule has 1 unspecified atom stereocenters. The fourth-order valence-electron chi connectivity index (χ4n) is 5.34. The lowest BCUT2D eigenvalue weighted by Crippen LogP contribution is -2.24. The Morgan fingerprint density at radius 2 is 1.89 bits per heavy atom. The number of ketones is 1. The number of benzene rings is 1. The Balaban J connectivity index is 1.23. The van der Waals surface area contributed by atoms with Gasteiger partial charge in [-0.25, -0.2) is 4.98 Å². The number of hydrogen-bond donors (Lipinski definition) is 1. The maximum absolute atomic E-state index is 13.1. The fourth-order valence-corrected chi connectivity index (χ4v) is 6.76. The van der Waals surface area contributed by atoms with Gasteiger partial charge in [-0.3, -0.25) is 9.79 Å². The van der Waals surface area contributed by atoms with Crippen molar-refractivity contribution in [3.63, 3.8) is 0 Å². The van der Waals surface area contributed by atoms with Crippen molar-refractivity contribution in [1.82, 2.24) is 4.98 Å². The largest absolute Gasteiger partial charge is 0.480 e. The van der Waals surface area contributed by atoms with Crippen LogP contribution in [0.15, 0.2) is 34.1 Å². The first kappa shape index (κ1) is 25.5. The standard InChI is InChI=1S/C26H30Cl2N4O3S/c1-30-25(34-2)21-13-36-26(31-21)32-10-15-8-17(9-16(15)11-32)35-12-18(24(33)14-6-7-14)23(29)22-19(27)4-3-5-20(22)28/h3-5,13-17H,6-12,29H2,1-2H3/t15-,16+,17?. The molecule has 1 aliphatic heterocycles. The number of rotatable bonds is 8. The van der Waals surface area contributed by atoms with Crippen molar-refractivity contribution in [3.05, 3.63) is 50.5 Å². The van der Waals surface area contributed by atoms with Gasteiger partial charge in [-0.15, -0.1) is 11.3 Å². The molecular formula is C26H30Cl2N4O3S. The third-order valence-electron chi connectivity index (χ3n) is 7.35. The van der Waals surface area contributed by atoms with Crippen molar-refractivity contribution >= 4 is 57.0 Å². The zero-order valence-corrected chi connectivity index (χ0v) is 22.7. The van der Waals surface area contributed by atoms with E-state index in [0.29, 0.717) is 44.6 Å². The van der Waals surface area contributed by atoms with Crippen molar-refractivity contribution in [3.8, 4) is 0 Å². The van der Waals surface area contributed by atoms with Gasteiger partial charge in [0.25, 0.3) is 0 Å². The van der Waals surface area contributed by atoms with Gasteiger partial charge in [0.15, 0.2) is 10.9 Å². The van der Waals surface area contributed by atoms with E-state index in [1.165, 1.54) is 0 Å². The molecule has 192 valence electrons. The molecule has 7 nitrogen and oxygen atoms in total. The molecule has 0 bridgehead atoms. The van der Waals surface area contributed by atoms with E-state index in [9.17, 15) is 4.79 Å². The van der Waals surface area contributed by atoms with Crippen LogP contribution in [0.4, 0.5) is 5.13 Å². The van der Waals surface area contributed by atoms with Crippen LogP contribution in [-0.2, 0) is 14.3 Å². The highest BCUT2D eigenvalue weighted by molar-refractivity contribution is 7.13. The molecule has 0 radical (unpaired) electrons. The highest BCUT2D eigenvalue weighted by Gasteiger charge is 2.42. The normalized spacial score (nSPS) is 24.6. The van der Waals surface area contributed by atoms with E-state index in [4.69, 9.17) is 43.4 Å². The van der Waals surface area contributed by atoms with Crippen LogP contribution in [0.5, 0.6) is 0 Å². The molecule has 36 heavy (non-hydrogen) atoms. The Kier molecular flexibility index (Phi) is 7.58. The Morgan fingerprint density at radius 3 is 2.47 bits per heavy atom. The molecular weight excluding hydrogens is 519 g/mol. The summed E-state index contributed by atoms with van der Waals surface area (Å²) in [6.07, 6.45) is 3.79. The first-order chi connectivity index (χ1) is 17.4. The second-order valence-corrected chi connectivity index (χ2v) is 11.4.